The molecule has 1 amide bonds. The fraction of sp³-hybridized carbons (Fsp3) is 0.105. The third kappa shape index (κ3) is 4.95. The molecule has 2 aromatic carbocycles. The van der Waals surface area contributed by atoms with Crippen molar-refractivity contribution in [3.8, 4) is 0 Å². The van der Waals surface area contributed by atoms with Crippen molar-refractivity contribution < 1.29 is 9.90 Å². The molecule has 27 heavy (non-hydrogen) atoms. The summed E-state index contributed by atoms with van der Waals surface area (Å²) in [6.07, 6.45) is -0.922. The Morgan fingerprint density at radius 3 is 2.30 bits per heavy atom. The van der Waals surface area contributed by atoms with Crippen LogP contribution < -0.4 is 10.6 Å². The van der Waals surface area contributed by atoms with E-state index in [1.165, 1.54) is 0 Å². The Hall–Kier alpha value is -2.67. The van der Waals surface area contributed by atoms with Gasteiger partial charge < -0.3 is 15.7 Å². The average Bonchev–Trinajstić information content (AvgIpc) is 2.67. The number of aliphatic hydroxyl groups is 1. The molecule has 0 saturated carbocycles. The summed E-state index contributed by atoms with van der Waals surface area (Å²) in [7, 11) is 0. The number of carbonyl (C=O) groups excluding carboxylic acids is 1. The van der Waals surface area contributed by atoms with Crippen LogP contribution in [0.25, 0.3) is 0 Å². The van der Waals surface area contributed by atoms with E-state index in [1.807, 2.05) is 18.2 Å². The lowest BCUT2D eigenvalue weighted by Crippen LogP contribution is -2.16. The molecular weight excluding hydrogens is 387 g/mol. The smallest absolute Gasteiger partial charge is 0.276 e. The van der Waals surface area contributed by atoms with Crippen molar-refractivity contribution in [1.82, 2.24) is 10.2 Å². The maximum Gasteiger partial charge on any atom is 0.276 e. The van der Waals surface area contributed by atoms with Crippen molar-refractivity contribution in [2.24, 2.45) is 0 Å². The Morgan fingerprint density at radius 1 is 0.963 bits per heavy atom. The van der Waals surface area contributed by atoms with Gasteiger partial charge in [0.25, 0.3) is 5.91 Å². The van der Waals surface area contributed by atoms with E-state index >= 15 is 0 Å². The highest BCUT2D eigenvalue weighted by Crippen LogP contribution is 2.30. The molecule has 1 aromatic heterocycles. The summed E-state index contributed by atoms with van der Waals surface area (Å²) in [5.74, 6) is 0.0524. The number of anilines is 2. The molecule has 0 aliphatic rings. The first-order chi connectivity index (χ1) is 13.0. The number of aliphatic hydroxyl groups excluding tert-OH is 1. The number of halogens is 2. The molecule has 3 rings (SSSR count). The number of amides is 1. The highest BCUT2D eigenvalue weighted by Gasteiger charge is 2.16. The zero-order valence-electron chi connectivity index (χ0n) is 14.1. The average molecular weight is 403 g/mol. The summed E-state index contributed by atoms with van der Waals surface area (Å²) in [6, 6.07) is 17.2. The predicted molar refractivity (Wildman–Crippen MR) is 106 cm³/mol. The monoisotopic (exact) mass is 402 g/mol. The van der Waals surface area contributed by atoms with Gasteiger partial charge in [-0.1, -0.05) is 47.5 Å². The molecule has 1 unspecified atom stereocenters. The van der Waals surface area contributed by atoms with Crippen LogP contribution in [0.4, 0.5) is 11.5 Å². The minimum Gasteiger partial charge on any atom is -0.386 e. The number of benzene rings is 2. The van der Waals surface area contributed by atoms with Crippen molar-refractivity contribution in [2.45, 2.75) is 6.10 Å². The highest BCUT2D eigenvalue weighted by molar-refractivity contribution is 6.36. The number of nitrogens with one attached hydrogen (secondary N) is 2. The van der Waals surface area contributed by atoms with Gasteiger partial charge in [-0.2, -0.15) is 0 Å². The van der Waals surface area contributed by atoms with Gasteiger partial charge in [0.1, 0.15) is 5.82 Å². The maximum atomic E-state index is 12.1. The van der Waals surface area contributed by atoms with Gasteiger partial charge in [0.2, 0.25) is 0 Å². The van der Waals surface area contributed by atoms with Crippen molar-refractivity contribution in [3.63, 3.8) is 0 Å². The summed E-state index contributed by atoms with van der Waals surface area (Å²) >= 11 is 12.2. The van der Waals surface area contributed by atoms with Crippen LogP contribution in [0, 0.1) is 0 Å². The lowest BCUT2D eigenvalue weighted by molar-refractivity contribution is 0.102. The zero-order valence-corrected chi connectivity index (χ0v) is 15.6. The summed E-state index contributed by atoms with van der Waals surface area (Å²) in [5.41, 5.74) is 1.30. The third-order valence-electron chi connectivity index (χ3n) is 3.74. The van der Waals surface area contributed by atoms with Gasteiger partial charge in [0.05, 0.1) is 6.10 Å². The molecular formula is C19H16Cl2N4O2. The topological polar surface area (TPSA) is 87.1 Å². The Balaban J connectivity index is 1.60. The molecule has 0 fully saturated rings. The fourth-order valence-corrected chi connectivity index (χ4v) is 3.05. The van der Waals surface area contributed by atoms with Crippen LogP contribution in [-0.2, 0) is 0 Å². The Bertz CT molecular complexity index is 901. The van der Waals surface area contributed by atoms with Gasteiger partial charge in [0, 0.05) is 27.8 Å². The second kappa shape index (κ2) is 8.81. The van der Waals surface area contributed by atoms with Crippen molar-refractivity contribution in [2.75, 3.05) is 17.2 Å². The van der Waals surface area contributed by atoms with E-state index in [9.17, 15) is 9.90 Å². The van der Waals surface area contributed by atoms with E-state index in [2.05, 4.69) is 20.8 Å². The third-order valence-corrected chi connectivity index (χ3v) is 4.40. The van der Waals surface area contributed by atoms with Crippen molar-refractivity contribution in [3.05, 3.63) is 82.0 Å². The molecule has 1 atom stereocenters. The standard InChI is InChI=1S/C19H16Cl2N4O2/c20-13-7-4-8-14(21)18(13)16(26)11-22-17-10-9-15(24-25-17)19(27)23-12-5-2-1-3-6-12/h1-10,16,26H,11H2,(H,22,25)(H,23,27). The molecule has 0 spiro atoms. The van der Waals surface area contributed by atoms with Gasteiger partial charge in [0.15, 0.2) is 5.69 Å². The minimum atomic E-state index is -0.922. The second-order valence-electron chi connectivity index (χ2n) is 5.66. The van der Waals surface area contributed by atoms with E-state index in [4.69, 9.17) is 23.2 Å². The lowest BCUT2D eigenvalue weighted by Gasteiger charge is -2.15. The molecule has 3 N–H and O–H groups in total. The van der Waals surface area contributed by atoms with Crippen LogP contribution in [0.5, 0.6) is 0 Å². The molecule has 0 bridgehead atoms. The Morgan fingerprint density at radius 2 is 1.67 bits per heavy atom. The van der Waals surface area contributed by atoms with Crippen LogP contribution in [0.15, 0.2) is 60.7 Å². The molecule has 138 valence electrons. The maximum absolute atomic E-state index is 12.1. The summed E-state index contributed by atoms with van der Waals surface area (Å²) < 4.78 is 0. The minimum absolute atomic E-state index is 0.133. The molecule has 0 radical (unpaired) electrons. The van der Waals surface area contributed by atoms with Gasteiger partial charge in [-0.25, -0.2) is 0 Å². The van der Waals surface area contributed by atoms with Gasteiger partial charge >= 0.3 is 0 Å². The van der Waals surface area contributed by atoms with Crippen molar-refractivity contribution in [1.29, 1.82) is 0 Å². The first-order valence-corrected chi connectivity index (χ1v) is 8.86. The predicted octanol–water partition coefficient (Wildman–Crippen LogP) is 4.18. The van der Waals surface area contributed by atoms with Gasteiger partial charge in [-0.15, -0.1) is 10.2 Å². The van der Waals surface area contributed by atoms with Crippen LogP contribution in [0.1, 0.15) is 22.2 Å². The van der Waals surface area contributed by atoms with E-state index in [0.29, 0.717) is 27.1 Å². The quantitative estimate of drug-likeness (QED) is 0.575. The summed E-state index contributed by atoms with van der Waals surface area (Å²) in [5, 5.41) is 24.6. The molecule has 0 aliphatic heterocycles. The fourth-order valence-electron chi connectivity index (χ4n) is 2.40. The number of hydrogen-bond donors (Lipinski definition) is 3. The van der Waals surface area contributed by atoms with E-state index in [1.54, 1.807) is 42.5 Å². The first-order valence-electron chi connectivity index (χ1n) is 8.10. The van der Waals surface area contributed by atoms with Gasteiger partial charge in [-0.05, 0) is 36.4 Å². The Kier molecular flexibility index (Phi) is 6.24. The molecule has 3 aromatic rings. The van der Waals surface area contributed by atoms with Crippen LogP contribution in [0.3, 0.4) is 0 Å². The number of carbonyl (C=O) groups is 1. The number of aromatic nitrogens is 2. The van der Waals surface area contributed by atoms with Crippen LogP contribution in [-0.4, -0.2) is 27.8 Å². The summed E-state index contributed by atoms with van der Waals surface area (Å²) in [6.45, 7) is 0.133. The molecule has 0 saturated heterocycles. The first kappa shape index (κ1) is 19.1. The highest BCUT2D eigenvalue weighted by atomic mass is 35.5. The van der Waals surface area contributed by atoms with E-state index < -0.39 is 6.10 Å². The summed E-state index contributed by atoms with van der Waals surface area (Å²) in [4.78, 5) is 12.1. The van der Waals surface area contributed by atoms with Crippen LogP contribution in [0.2, 0.25) is 10.0 Å². The Labute approximate surface area is 166 Å². The van der Waals surface area contributed by atoms with Crippen molar-refractivity contribution >= 4 is 40.6 Å². The lowest BCUT2D eigenvalue weighted by atomic mass is 10.1. The van der Waals surface area contributed by atoms with Gasteiger partial charge in [-0.3, -0.25) is 4.79 Å². The largest absolute Gasteiger partial charge is 0.386 e. The zero-order chi connectivity index (χ0) is 19.2. The number of nitrogens with zero attached hydrogens (tertiary/aromatic N) is 2. The van der Waals surface area contributed by atoms with E-state index in [-0.39, 0.29) is 18.1 Å². The number of hydrogen-bond acceptors (Lipinski definition) is 5. The molecule has 1 heterocycles. The SMILES string of the molecule is O=C(Nc1ccccc1)c1ccc(NCC(O)c2c(Cl)cccc2Cl)nn1. The number of rotatable bonds is 6. The normalized spacial score (nSPS) is 11.7. The van der Waals surface area contributed by atoms with Crippen LogP contribution >= 0.6 is 23.2 Å². The molecule has 0 aliphatic carbocycles. The molecule has 6 nitrogen and oxygen atoms in total. The number of para-hydroxylation sites is 1. The molecule has 8 heteroatoms. The second-order valence-corrected chi connectivity index (χ2v) is 6.47. The van der Waals surface area contributed by atoms with E-state index in [0.717, 1.165) is 0 Å².